The maximum Gasteiger partial charge on any atom is 0.305 e. The summed E-state index contributed by atoms with van der Waals surface area (Å²) in [6.07, 6.45) is 1.83. The van der Waals surface area contributed by atoms with Crippen molar-refractivity contribution in [3.05, 3.63) is 124 Å². The number of methoxy groups -OCH3 is 3. The largest absolute Gasteiger partial charge is 0.493 e. The van der Waals surface area contributed by atoms with Crippen LogP contribution in [-0.2, 0) is 45.2 Å². The van der Waals surface area contributed by atoms with Gasteiger partial charge in [0.25, 0.3) is 11.8 Å². The summed E-state index contributed by atoms with van der Waals surface area (Å²) in [5, 5.41) is 5.97. The van der Waals surface area contributed by atoms with E-state index in [0.29, 0.717) is 89.3 Å². The summed E-state index contributed by atoms with van der Waals surface area (Å²) in [6.45, 7) is 1.10. The van der Waals surface area contributed by atoms with Gasteiger partial charge in [0.2, 0.25) is 5.91 Å². The first-order valence-electron chi connectivity index (χ1n) is 20.2. The Morgan fingerprint density at radius 3 is 2.13 bits per heavy atom. The Balaban J connectivity index is 1.05. The molecule has 320 valence electrons. The van der Waals surface area contributed by atoms with Gasteiger partial charge in [-0.15, -0.1) is 0 Å². The van der Waals surface area contributed by atoms with Gasteiger partial charge in [0.05, 0.1) is 50.4 Å². The van der Waals surface area contributed by atoms with Crippen molar-refractivity contribution in [2.24, 2.45) is 0 Å². The summed E-state index contributed by atoms with van der Waals surface area (Å²) in [6, 6.07) is 26.8. The second-order valence-corrected chi connectivity index (χ2v) is 15.1. The summed E-state index contributed by atoms with van der Waals surface area (Å²) in [5.41, 5.74) is 9.97. The molecule has 15 nitrogen and oxygen atoms in total. The van der Waals surface area contributed by atoms with Crippen molar-refractivity contribution in [3.8, 4) is 23.0 Å². The van der Waals surface area contributed by atoms with Crippen LogP contribution >= 0.6 is 0 Å². The Hall–Kier alpha value is -7.26. The molecule has 1 atom stereocenters. The van der Waals surface area contributed by atoms with Gasteiger partial charge in [-0.3, -0.25) is 34.4 Å². The van der Waals surface area contributed by atoms with Gasteiger partial charge in [0, 0.05) is 62.0 Å². The zero-order valence-electron chi connectivity index (χ0n) is 34.9. The number of nitrogens with one attached hydrogen (secondary N) is 3. The summed E-state index contributed by atoms with van der Waals surface area (Å²) >= 11 is 0. The maximum atomic E-state index is 14.0. The van der Waals surface area contributed by atoms with Crippen LogP contribution in [0.25, 0.3) is 0 Å². The van der Waals surface area contributed by atoms with E-state index in [1.807, 2.05) is 78.7 Å². The fourth-order valence-electron chi connectivity index (χ4n) is 7.89. The van der Waals surface area contributed by atoms with Crippen LogP contribution in [0, 0.1) is 0 Å². The third-order valence-corrected chi connectivity index (χ3v) is 11.1. The van der Waals surface area contributed by atoms with E-state index in [0.717, 1.165) is 27.9 Å². The molecule has 0 bridgehead atoms. The molecule has 0 fully saturated rings. The van der Waals surface area contributed by atoms with Crippen LogP contribution in [-0.4, -0.2) is 71.3 Å². The number of esters is 1. The Kier molecular flexibility index (Phi) is 12.1. The number of carbonyl (C=O) groups is 4. The lowest BCUT2D eigenvalue weighted by atomic mass is 10.1. The molecule has 3 heterocycles. The van der Waals surface area contributed by atoms with Crippen LogP contribution in [0.1, 0.15) is 55.8 Å². The van der Waals surface area contributed by atoms with Gasteiger partial charge in [-0.1, -0.05) is 36.4 Å². The quantitative estimate of drug-likeness (QED) is 0.105. The first-order valence-corrected chi connectivity index (χ1v) is 20.2. The molecule has 0 spiro atoms. The molecule has 0 saturated carbocycles. The molecule has 3 aliphatic rings. The summed E-state index contributed by atoms with van der Waals surface area (Å²) in [4.78, 5) is 62.3. The van der Waals surface area contributed by atoms with E-state index < -0.39 is 6.04 Å². The van der Waals surface area contributed by atoms with E-state index in [1.54, 1.807) is 29.2 Å². The molecular weight excluding hydrogens is 795 g/mol. The van der Waals surface area contributed by atoms with Crippen LogP contribution in [0.5, 0.6) is 23.0 Å². The monoisotopic (exact) mass is 841 g/mol. The Labute approximate surface area is 358 Å². The number of benzene rings is 5. The number of amides is 3. The highest BCUT2D eigenvalue weighted by molar-refractivity contribution is 6.20. The second kappa shape index (κ2) is 18.2. The molecule has 3 amide bonds. The molecule has 15 heteroatoms. The van der Waals surface area contributed by atoms with Crippen molar-refractivity contribution < 1.29 is 47.7 Å². The predicted octanol–water partition coefficient (Wildman–Crippen LogP) is 6.93. The first kappa shape index (κ1) is 41.5. The maximum absolute atomic E-state index is 14.0. The lowest BCUT2D eigenvalue weighted by Crippen LogP contribution is -2.42. The van der Waals surface area contributed by atoms with E-state index in [9.17, 15) is 19.2 Å². The highest BCUT2D eigenvalue weighted by Crippen LogP contribution is 2.41. The van der Waals surface area contributed by atoms with Crippen molar-refractivity contribution in [2.75, 3.05) is 67.4 Å². The second-order valence-electron chi connectivity index (χ2n) is 15.1. The average Bonchev–Trinajstić information content (AvgIpc) is 3.65. The number of anilines is 5. The molecule has 3 aliphatic heterocycles. The van der Waals surface area contributed by atoms with E-state index in [1.165, 1.54) is 21.3 Å². The van der Waals surface area contributed by atoms with Crippen molar-refractivity contribution in [1.29, 1.82) is 0 Å². The van der Waals surface area contributed by atoms with Gasteiger partial charge in [-0.2, -0.15) is 0 Å². The molecular formula is C47H47N5O10. The molecule has 8 rings (SSSR count). The lowest BCUT2D eigenvalue weighted by molar-refractivity contribution is -0.140. The number of para-hydroxylation sites is 2. The van der Waals surface area contributed by atoms with Crippen LogP contribution in [0.2, 0.25) is 0 Å². The van der Waals surface area contributed by atoms with Crippen LogP contribution in [0.3, 0.4) is 0 Å². The highest BCUT2D eigenvalue weighted by Gasteiger charge is 2.42. The van der Waals surface area contributed by atoms with E-state index >= 15 is 0 Å². The molecule has 0 radical (unpaired) electrons. The minimum atomic E-state index is -0.678. The molecule has 0 saturated heterocycles. The Bertz CT molecular complexity index is 2540. The summed E-state index contributed by atoms with van der Waals surface area (Å²) in [5.74, 6) is 0.145. The topological polar surface area (TPSA) is 166 Å². The van der Waals surface area contributed by atoms with E-state index in [-0.39, 0.29) is 43.3 Å². The van der Waals surface area contributed by atoms with Crippen molar-refractivity contribution in [2.45, 2.75) is 44.9 Å². The van der Waals surface area contributed by atoms with Crippen LogP contribution in [0.4, 0.5) is 28.4 Å². The Morgan fingerprint density at radius 2 is 1.42 bits per heavy atom. The Morgan fingerprint density at radius 1 is 0.758 bits per heavy atom. The molecule has 62 heavy (non-hydrogen) atoms. The number of fused-ring (bicyclic) bond motifs is 6. The van der Waals surface area contributed by atoms with Crippen LogP contribution in [0.15, 0.2) is 91.0 Å². The number of hydrogen-bond donors (Lipinski definition) is 3. The standard InChI is InChI=1S/C47H47N5O10/c1-51(16-9-14-44(53)59-4)32-19-28(26-60-42-24-36-34(23-41(42)58-3)47(56)52-38-13-8-6-11-31(38)21-39(52)46(55)49-36)18-29(20-32)27-61-43-25-37-33(22-40(43)57-2)45(54)48-35-12-7-5-10-30(35)15-17-62-50-37/h5-8,10-13,18-20,22-25,39,50H,9,14-17,21,26-27H2,1-4H3,(H,48,54)(H,49,55)/t39-/m0/s1. The van der Waals surface area contributed by atoms with Gasteiger partial charge in [0.15, 0.2) is 23.0 Å². The van der Waals surface area contributed by atoms with Crippen LogP contribution < -0.4 is 44.9 Å². The third-order valence-electron chi connectivity index (χ3n) is 11.1. The van der Waals surface area contributed by atoms with E-state index in [4.69, 9.17) is 28.5 Å². The molecule has 5 aromatic rings. The average molecular weight is 842 g/mol. The SMILES string of the molecule is COC(=O)CCCN(C)c1cc(COc2cc3c(cc2OC)C(=O)Nc2ccccc2CCON3)cc(COc2cc3c(cc2OC)C(=O)N2c4ccccc4C[C@H]2C(=O)N3)c1. The number of carbonyl (C=O) groups excluding carboxylic acids is 4. The summed E-state index contributed by atoms with van der Waals surface area (Å²) < 4.78 is 29.1. The summed E-state index contributed by atoms with van der Waals surface area (Å²) in [7, 11) is 6.30. The van der Waals surface area contributed by atoms with Crippen molar-refractivity contribution in [1.82, 2.24) is 0 Å². The highest BCUT2D eigenvalue weighted by atomic mass is 16.6. The third kappa shape index (κ3) is 8.65. The predicted molar refractivity (Wildman–Crippen MR) is 233 cm³/mol. The smallest absolute Gasteiger partial charge is 0.305 e. The van der Waals surface area contributed by atoms with E-state index in [2.05, 4.69) is 16.1 Å². The van der Waals surface area contributed by atoms with Gasteiger partial charge in [0.1, 0.15) is 19.3 Å². The van der Waals surface area contributed by atoms with Gasteiger partial charge < -0.3 is 39.2 Å². The molecule has 5 aromatic carbocycles. The zero-order valence-corrected chi connectivity index (χ0v) is 34.9. The fourth-order valence-corrected chi connectivity index (χ4v) is 7.89. The molecule has 0 aromatic heterocycles. The van der Waals surface area contributed by atoms with Gasteiger partial charge >= 0.3 is 5.97 Å². The minimum absolute atomic E-state index is 0.0810. The molecule has 0 unspecified atom stereocenters. The molecule has 0 aliphatic carbocycles. The van der Waals surface area contributed by atoms with Gasteiger partial charge in [-0.05, 0) is 71.1 Å². The number of rotatable bonds is 13. The zero-order chi connectivity index (χ0) is 43.3. The van der Waals surface area contributed by atoms with Gasteiger partial charge in [-0.25, -0.2) is 0 Å². The number of nitrogens with zero attached hydrogens (tertiary/aromatic N) is 2. The minimum Gasteiger partial charge on any atom is -0.493 e. The normalized spacial score (nSPS) is 15.2. The van der Waals surface area contributed by atoms with Crippen molar-refractivity contribution >= 4 is 52.1 Å². The van der Waals surface area contributed by atoms with Crippen molar-refractivity contribution in [3.63, 3.8) is 0 Å². The lowest BCUT2D eigenvalue weighted by Gasteiger charge is -2.22. The number of ether oxygens (including phenoxy) is 5. The fraction of sp³-hybridized carbons (Fsp3) is 0.277. The number of hydrogen-bond acceptors (Lipinski definition) is 12. The first-order chi connectivity index (χ1) is 30.1. The molecule has 3 N–H and O–H groups in total.